The van der Waals surface area contributed by atoms with Gasteiger partial charge in [-0.25, -0.2) is 8.78 Å². The smallest absolute Gasteiger partial charge is 0.248 e. The van der Waals surface area contributed by atoms with E-state index in [1.807, 2.05) is 20.8 Å². The quantitative estimate of drug-likeness (QED) is 0.549. The second kappa shape index (κ2) is 10.4. The summed E-state index contributed by atoms with van der Waals surface area (Å²) >= 11 is 1.27. The van der Waals surface area contributed by atoms with Gasteiger partial charge in [-0.15, -0.1) is 16.8 Å². The number of nitrogens with zero attached hydrogens (tertiary/aromatic N) is 2. The number of allylic oxidation sites excluding steroid dienone is 1. The predicted octanol–water partition coefficient (Wildman–Crippen LogP) is 4.14. The third-order valence-electron chi connectivity index (χ3n) is 4.40. The monoisotopic (exact) mass is 436 g/mol. The van der Waals surface area contributed by atoms with E-state index in [4.69, 9.17) is 0 Å². The maximum Gasteiger partial charge on any atom is 0.248 e. The number of carbonyl (C=O) groups excluding carboxylic acids is 2. The van der Waals surface area contributed by atoms with Crippen molar-refractivity contribution in [3.8, 4) is 0 Å². The lowest BCUT2D eigenvalue weighted by Gasteiger charge is -2.18. The zero-order valence-corrected chi connectivity index (χ0v) is 18.1. The number of carbonyl (C=O) groups is 2. The van der Waals surface area contributed by atoms with Gasteiger partial charge < -0.3 is 5.32 Å². The van der Waals surface area contributed by atoms with Crippen LogP contribution in [0.1, 0.15) is 50.6 Å². The molecule has 0 fully saturated rings. The number of hydrogen-bond acceptors (Lipinski definition) is 5. The van der Waals surface area contributed by atoms with Crippen LogP contribution in [0.25, 0.3) is 0 Å². The molecule has 1 aromatic carbocycles. The lowest BCUT2D eigenvalue weighted by molar-refractivity contribution is -0.126. The highest BCUT2D eigenvalue weighted by molar-refractivity contribution is 7.15. The van der Waals surface area contributed by atoms with Crippen LogP contribution in [-0.4, -0.2) is 28.1 Å². The first kappa shape index (κ1) is 23.6. The number of benzene rings is 1. The van der Waals surface area contributed by atoms with E-state index in [2.05, 4.69) is 27.4 Å². The van der Waals surface area contributed by atoms with Crippen LogP contribution >= 0.6 is 11.3 Å². The second-order valence-corrected chi connectivity index (χ2v) is 8.62. The van der Waals surface area contributed by atoms with Gasteiger partial charge in [0.25, 0.3) is 0 Å². The fourth-order valence-electron chi connectivity index (χ4n) is 2.89. The first-order chi connectivity index (χ1) is 14.1. The second-order valence-electron chi connectivity index (χ2n) is 7.64. The van der Waals surface area contributed by atoms with E-state index in [1.165, 1.54) is 11.3 Å². The Morgan fingerprint density at radius 1 is 1.23 bits per heavy atom. The largest absolute Gasteiger partial charge is 0.344 e. The molecule has 1 heterocycles. The fourth-order valence-corrected chi connectivity index (χ4v) is 3.75. The molecule has 2 rings (SSSR count). The van der Waals surface area contributed by atoms with E-state index in [1.54, 1.807) is 6.08 Å². The van der Waals surface area contributed by atoms with Gasteiger partial charge in [0.15, 0.2) is 0 Å². The van der Waals surface area contributed by atoms with Gasteiger partial charge in [-0.05, 0) is 30.5 Å². The van der Waals surface area contributed by atoms with Crippen molar-refractivity contribution in [2.45, 2.75) is 57.9 Å². The molecule has 1 unspecified atom stereocenters. The molecule has 6 nitrogen and oxygen atoms in total. The Balaban J connectivity index is 2.03. The highest BCUT2D eigenvalue weighted by Gasteiger charge is 2.26. The summed E-state index contributed by atoms with van der Waals surface area (Å²) in [7, 11) is 0. The number of amides is 2. The minimum atomic E-state index is -0.797. The molecule has 9 heteroatoms. The SMILES string of the molecule is C=CCC(C)(C)c1nnc(NC(=O)C(CCC)NC(=O)Cc2cc(F)cc(F)c2)s1. The van der Waals surface area contributed by atoms with Crippen LogP contribution in [0.4, 0.5) is 13.9 Å². The molecule has 0 spiro atoms. The van der Waals surface area contributed by atoms with Crippen molar-refractivity contribution in [3.05, 3.63) is 53.1 Å². The lowest BCUT2D eigenvalue weighted by Crippen LogP contribution is -2.44. The zero-order chi connectivity index (χ0) is 22.3. The Kier molecular flexibility index (Phi) is 8.16. The van der Waals surface area contributed by atoms with E-state index in [0.29, 0.717) is 24.4 Å². The summed E-state index contributed by atoms with van der Waals surface area (Å²) < 4.78 is 26.6. The van der Waals surface area contributed by atoms with E-state index in [-0.39, 0.29) is 17.4 Å². The van der Waals surface area contributed by atoms with Crippen LogP contribution in [0.3, 0.4) is 0 Å². The fraction of sp³-hybridized carbons (Fsp3) is 0.429. The molecule has 0 aliphatic carbocycles. The van der Waals surface area contributed by atoms with Crippen molar-refractivity contribution in [1.82, 2.24) is 15.5 Å². The van der Waals surface area contributed by atoms with Crippen molar-refractivity contribution in [3.63, 3.8) is 0 Å². The summed E-state index contributed by atoms with van der Waals surface area (Å²) in [6.45, 7) is 9.65. The Morgan fingerprint density at radius 2 is 1.90 bits per heavy atom. The molecule has 0 radical (unpaired) electrons. The van der Waals surface area contributed by atoms with E-state index >= 15 is 0 Å². The van der Waals surface area contributed by atoms with E-state index < -0.39 is 29.5 Å². The average molecular weight is 437 g/mol. The van der Waals surface area contributed by atoms with Gasteiger partial charge in [-0.2, -0.15) is 0 Å². The molecule has 1 aromatic heterocycles. The molecule has 162 valence electrons. The molecule has 2 N–H and O–H groups in total. The summed E-state index contributed by atoms with van der Waals surface area (Å²) in [5, 5.41) is 14.6. The van der Waals surface area contributed by atoms with Crippen molar-refractivity contribution >= 4 is 28.3 Å². The standard InChI is InChI=1S/C21H26F2N4O2S/c1-5-7-16(24-17(28)11-13-9-14(22)12-15(23)10-13)18(29)25-20-27-26-19(30-20)21(3,4)8-6-2/h6,9-10,12,16H,2,5,7-8,11H2,1,3-4H3,(H,24,28)(H,25,27,29). The van der Waals surface area contributed by atoms with E-state index in [9.17, 15) is 18.4 Å². The topological polar surface area (TPSA) is 84.0 Å². The average Bonchev–Trinajstić information content (AvgIpc) is 3.09. The molecular weight excluding hydrogens is 410 g/mol. The third-order valence-corrected chi connectivity index (χ3v) is 5.61. The first-order valence-corrected chi connectivity index (χ1v) is 10.5. The normalized spacial score (nSPS) is 12.3. The molecule has 0 bridgehead atoms. The number of aromatic nitrogens is 2. The van der Waals surface area contributed by atoms with Crippen molar-refractivity contribution in [1.29, 1.82) is 0 Å². The number of rotatable bonds is 10. The number of anilines is 1. The summed E-state index contributed by atoms with van der Waals surface area (Å²) in [5.41, 5.74) is -0.0569. The number of hydrogen-bond donors (Lipinski definition) is 2. The molecule has 1 atom stereocenters. The first-order valence-electron chi connectivity index (χ1n) is 9.64. The number of halogens is 2. The van der Waals surface area contributed by atoms with Gasteiger partial charge in [0.1, 0.15) is 22.7 Å². The minimum absolute atomic E-state index is 0.193. The van der Waals surface area contributed by atoms with Gasteiger partial charge >= 0.3 is 0 Å². The molecule has 2 amide bonds. The molecule has 0 aliphatic rings. The zero-order valence-electron chi connectivity index (χ0n) is 17.3. The van der Waals surface area contributed by atoms with Crippen molar-refractivity contribution < 1.29 is 18.4 Å². The van der Waals surface area contributed by atoms with E-state index in [0.717, 1.165) is 23.2 Å². The molecule has 2 aromatic rings. The van der Waals surface area contributed by atoms with Gasteiger partial charge in [0.2, 0.25) is 16.9 Å². The van der Waals surface area contributed by atoms with Crippen LogP contribution in [0.15, 0.2) is 30.9 Å². The lowest BCUT2D eigenvalue weighted by atomic mass is 9.90. The Labute approximate surface area is 178 Å². The van der Waals surface area contributed by atoms with Gasteiger partial charge in [-0.3, -0.25) is 14.9 Å². The molecule has 0 saturated carbocycles. The Bertz CT molecular complexity index is 894. The summed E-state index contributed by atoms with van der Waals surface area (Å²) in [5.74, 6) is -2.43. The molecular formula is C21H26F2N4O2S. The summed E-state index contributed by atoms with van der Waals surface area (Å²) in [6.07, 6.45) is 3.34. The maximum absolute atomic E-state index is 13.3. The van der Waals surface area contributed by atoms with Crippen molar-refractivity contribution in [2.75, 3.05) is 5.32 Å². The molecule has 0 saturated heterocycles. The highest BCUT2D eigenvalue weighted by Crippen LogP contribution is 2.31. The maximum atomic E-state index is 13.3. The van der Waals surface area contributed by atoms with Crippen LogP contribution in [0.5, 0.6) is 0 Å². The van der Waals surface area contributed by atoms with Crippen molar-refractivity contribution in [2.24, 2.45) is 0 Å². The van der Waals surface area contributed by atoms with Gasteiger partial charge in [-0.1, -0.05) is 44.6 Å². The number of nitrogens with one attached hydrogen (secondary N) is 2. The minimum Gasteiger partial charge on any atom is -0.344 e. The Hall–Kier alpha value is -2.68. The van der Waals surface area contributed by atoms with Crippen LogP contribution < -0.4 is 10.6 Å². The Morgan fingerprint density at radius 3 is 2.50 bits per heavy atom. The highest BCUT2D eigenvalue weighted by atomic mass is 32.1. The van der Waals surface area contributed by atoms with Crippen LogP contribution in [-0.2, 0) is 21.4 Å². The third kappa shape index (κ3) is 6.69. The van der Waals surface area contributed by atoms with Crippen LogP contribution in [0, 0.1) is 11.6 Å². The molecule has 30 heavy (non-hydrogen) atoms. The van der Waals surface area contributed by atoms with Gasteiger partial charge in [0.05, 0.1) is 6.42 Å². The molecule has 0 aliphatic heterocycles. The van der Waals surface area contributed by atoms with Gasteiger partial charge in [0, 0.05) is 11.5 Å². The van der Waals surface area contributed by atoms with Crippen LogP contribution in [0.2, 0.25) is 0 Å². The summed E-state index contributed by atoms with van der Waals surface area (Å²) in [6, 6.07) is 2.12. The predicted molar refractivity (Wildman–Crippen MR) is 113 cm³/mol. The summed E-state index contributed by atoms with van der Waals surface area (Å²) in [4.78, 5) is 25.0.